The van der Waals surface area contributed by atoms with Crippen LogP contribution in [0.25, 0.3) is 0 Å². The van der Waals surface area contributed by atoms with Gasteiger partial charge in [0.05, 0.1) is 6.61 Å². The molecule has 3 N–H and O–H groups in total. The number of rotatable bonds is 48. The van der Waals surface area contributed by atoms with Crippen LogP contribution in [0.4, 0.5) is 0 Å². The number of nitrogens with one attached hydrogen (secondary N) is 2. The second-order valence-corrected chi connectivity index (χ2v) is 20.4. The summed E-state index contributed by atoms with van der Waals surface area (Å²) in [5.41, 5.74) is 0. The van der Waals surface area contributed by atoms with Crippen molar-refractivity contribution in [2.75, 3.05) is 52.4 Å². The van der Waals surface area contributed by atoms with Crippen molar-refractivity contribution in [1.82, 2.24) is 25.3 Å². The molecule has 0 fully saturated rings. The standard InChI is InChI=1S/C56H111N5O5/c1-9-13-17-21-23-25-27-29-33-37-41-57-55(65)53(49(5)6)60(51(63)39-35-31-19-15-11-3)45-43-59(47-48-62)44-46-61(52(64)40-36-32-20-16-12-4)54(50(7)8)56(66)58-42-38-34-30-28-26-24-22-18-14-10-2/h49-50,53-54,62H,9-48H2,1-8H3,(H,57,65)(H,58,66). The first-order valence-electron chi connectivity index (χ1n) is 28.5. The lowest BCUT2D eigenvalue weighted by atomic mass is 9.99. The van der Waals surface area contributed by atoms with Gasteiger partial charge in [0, 0.05) is 58.7 Å². The summed E-state index contributed by atoms with van der Waals surface area (Å²) < 4.78 is 0. The maximum absolute atomic E-state index is 14.1. The van der Waals surface area contributed by atoms with Gasteiger partial charge in [0.15, 0.2) is 0 Å². The molecule has 0 bridgehead atoms. The Bertz CT molecular complexity index is 1070. The van der Waals surface area contributed by atoms with Gasteiger partial charge in [-0.15, -0.1) is 0 Å². The summed E-state index contributed by atoms with van der Waals surface area (Å²) in [6.45, 7) is 20.1. The molecule has 0 aromatic heterocycles. The van der Waals surface area contributed by atoms with Gasteiger partial charge in [0.2, 0.25) is 23.6 Å². The molecule has 0 saturated heterocycles. The van der Waals surface area contributed by atoms with Crippen molar-refractivity contribution in [2.24, 2.45) is 11.8 Å². The average Bonchev–Trinajstić information content (AvgIpc) is 3.29. The minimum Gasteiger partial charge on any atom is -0.395 e. The highest BCUT2D eigenvalue weighted by molar-refractivity contribution is 5.88. The predicted octanol–water partition coefficient (Wildman–Crippen LogP) is 12.8. The van der Waals surface area contributed by atoms with E-state index in [-0.39, 0.29) is 42.1 Å². The third kappa shape index (κ3) is 33.3. The molecule has 0 heterocycles. The Morgan fingerprint density at radius 3 is 0.924 bits per heavy atom. The topological polar surface area (TPSA) is 122 Å². The van der Waals surface area contributed by atoms with E-state index in [0.717, 1.165) is 89.9 Å². The number of carbonyl (C=O) groups is 4. The van der Waals surface area contributed by atoms with Crippen molar-refractivity contribution < 1.29 is 24.3 Å². The molecule has 2 unspecified atom stereocenters. The van der Waals surface area contributed by atoms with Crippen molar-refractivity contribution in [1.29, 1.82) is 0 Å². The number of hydrogen-bond donors (Lipinski definition) is 3. The minimum atomic E-state index is -0.595. The number of aliphatic hydroxyl groups excluding tert-OH is 1. The average molecular weight is 935 g/mol. The Balaban J connectivity index is 5.91. The largest absolute Gasteiger partial charge is 0.395 e. The van der Waals surface area contributed by atoms with Crippen molar-refractivity contribution in [3.63, 3.8) is 0 Å². The number of amides is 4. The van der Waals surface area contributed by atoms with E-state index >= 15 is 0 Å². The quantitative estimate of drug-likeness (QED) is 0.0522. The van der Waals surface area contributed by atoms with Gasteiger partial charge in [-0.05, 0) is 37.5 Å². The lowest BCUT2D eigenvalue weighted by Crippen LogP contribution is -2.56. The third-order valence-corrected chi connectivity index (χ3v) is 13.5. The Labute approximate surface area is 409 Å². The Kier molecular flexibility index (Phi) is 43.7. The zero-order valence-corrected chi connectivity index (χ0v) is 45.0. The van der Waals surface area contributed by atoms with Crippen LogP contribution in [0.1, 0.15) is 261 Å². The van der Waals surface area contributed by atoms with E-state index in [0.29, 0.717) is 58.7 Å². The van der Waals surface area contributed by atoms with Crippen LogP contribution in [0.3, 0.4) is 0 Å². The van der Waals surface area contributed by atoms with E-state index in [1.165, 1.54) is 103 Å². The predicted molar refractivity (Wildman–Crippen MR) is 281 cm³/mol. The number of carbonyl (C=O) groups excluding carboxylic acids is 4. The lowest BCUT2D eigenvalue weighted by Gasteiger charge is -2.37. The molecule has 2 atom stereocenters. The van der Waals surface area contributed by atoms with Gasteiger partial charge in [0.1, 0.15) is 12.1 Å². The van der Waals surface area contributed by atoms with Crippen molar-refractivity contribution >= 4 is 23.6 Å². The molecule has 0 rings (SSSR count). The molecule has 0 spiro atoms. The highest BCUT2D eigenvalue weighted by Gasteiger charge is 2.34. The van der Waals surface area contributed by atoms with Gasteiger partial charge in [-0.25, -0.2) is 0 Å². The summed E-state index contributed by atoms with van der Waals surface area (Å²) in [4.78, 5) is 61.9. The van der Waals surface area contributed by atoms with E-state index in [2.05, 4.69) is 43.2 Å². The van der Waals surface area contributed by atoms with Crippen LogP contribution < -0.4 is 10.6 Å². The first-order valence-corrected chi connectivity index (χ1v) is 28.5. The number of hydrogen-bond acceptors (Lipinski definition) is 6. The fraction of sp³-hybridized carbons (Fsp3) is 0.929. The van der Waals surface area contributed by atoms with Crippen molar-refractivity contribution in [2.45, 2.75) is 273 Å². The van der Waals surface area contributed by atoms with Crippen LogP contribution >= 0.6 is 0 Å². The minimum absolute atomic E-state index is 0.00191. The number of aliphatic hydroxyl groups is 1. The normalized spacial score (nSPS) is 12.5. The number of nitrogens with zero attached hydrogens (tertiary/aromatic N) is 3. The summed E-state index contributed by atoms with van der Waals surface area (Å²) in [5, 5.41) is 16.7. The monoisotopic (exact) mass is 934 g/mol. The Morgan fingerprint density at radius 2 is 0.652 bits per heavy atom. The Morgan fingerprint density at radius 1 is 0.379 bits per heavy atom. The molecular weight excluding hydrogens is 823 g/mol. The third-order valence-electron chi connectivity index (χ3n) is 13.5. The smallest absolute Gasteiger partial charge is 0.243 e. The van der Waals surface area contributed by atoms with Gasteiger partial charge < -0.3 is 25.5 Å². The Hall–Kier alpha value is -2.20. The van der Waals surface area contributed by atoms with Gasteiger partial charge in [-0.3, -0.25) is 24.1 Å². The lowest BCUT2D eigenvalue weighted by molar-refractivity contribution is -0.143. The zero-order chi connectivity index (χ0) is 49.0. The maximum atomic E-state index is 14.1. The van der Waals surface area contributed by atoms with Crippen LogP contribution in [0.15, 0.2) is 0 Å². The molecule has 4 amide bonds. The summed E-state index contributed by atoms with van der Waals surface area (Å²) in [6, 6.07) is -1.19. The van der Waals surface area contributed by atoms with Crippen LogP contribution in [0, 0.1) is 11.8 Å². The van der Waals surface area contributed by atoms with E-state index in [1.807, 2.05) is 27.7 Å². The fourth-order valence-corrected chi connectivity index (χ4v) is 9.33. The SMILES string of the molecule is CCCCCCCCCCCCNC(=O)C(C(C)C)N(CCN(CCO)CCN(C(=O)CCCCCCC)C(C(=O)NCCCCCCCCCCCC)C(C)C)C(=O)CCCCCCC. The second-order valence-electron chi connectivity index (χ2n) is 20.4. The van der Waals surface area contributed by atoms with Gasteiger partial charge >= 0.3 is 0 Å². The van der Waals surface area contributed by atoms with E-state index in [9.17, 15) is 24.3 Å². The summed E-state index contributed by atoms with van der Waals surface area (Å²) in [7, 11) is 0. The van der Waals surface area contributed by atoms with Crippen molar-refractivity contribution in [3.05, 3.63) is 0 Å². The van der Waals surface area contributed by atoms with E-state index in [4.69, 9.17) is 0 Å². The molecule has 0 aromatic rings. The first kappa shape index (κ1) is 63.8. The summed E-state index contributed by atoms with van der Waals surface area (Å²) in [6.07, 6.45) is 35.9. The van der Waals surface area contributed by atoms with Gasteiger partial charge in [-0.2, -0.15) is 0 Å². The molecule has 0 aromatic carbocycles. The van der Waals surface area contributed by atoms with E-state index < -0.39 is 12.1 Å². The highest BCUT2D eigenvalue weighted by atomic mass is 16.3. The molecule has 0 radical (unpaired) electrons. The van der Waals surface area contributed by atoms with Gasteiger partial charge in [0.25, 0.3) is 0 Å². The van der Waals surface area contributed by atoms with E-state index in [1.54, 1.807) is 9.80 Å². The molecule has 0 aliphatic rings. The van der Waals surface area contributed by atoms with Crippen LogP contribution in [0.5, 0.6) is 0 Å². The molecule has 0 aliphatic carbocycles. The molecular formula is C56H111N5O5. The molecule has 0 saturated carbocycles. The summed E-state index contributed by atoms with van der Waals surface area (Å²) >= 11 is 0. The van der Waals surface area contributed by atoms with Crippen LogP contribution in [-0.2, 0) is 19.2 Å². The molecule has 0 aliphatic heterocycles. The summed E-state index contributed by atoms with van der Waals surface area (Å²) in [5.74, 6) is -0.334. The maximum Gasteiger partial charge on any atom is 0.243 e. The van der Waals surface area contributed by atoms with Crippen LogP contribution in [0.2, 0.25) is 0 Å². The number of unbranched alkanes of at least 4 members (excludes halogenated alkanes) is 26. The zero-order valence-electron chi connectivity index (χ0n) is 45.0. The molecule has 10 nitrogen and oxygen atoms in total. The van der Waals surface area contributed by atoms with Crippen molar-refractivity contribution in [3.8, 4) is 0 Å². The fourth-order valence-electron chi connectivity index (χ4n) is 9.33. The van der Waals surface area contributed by atoms with Crippen LogP contribution in [-0.4, -0.2) is 108 Å². The first-order chi connectivity index (χ1) is 32.0. The second kappa shape index (κ2) is 45.3. The molecule has 66 heavy (non-hydrogen) atoms. The van der Waals surface area contributed by atoms with Gasteiger partial charge in [-0.1, -0.05) is 222 Å². The molecule has 390 valence electrons. The highest BCUT2D eigenvalue weighted by Crippen LogP contribution is 2.19. The molecule has 10 heteroatoms.